The molecule has 1 aliphatic carbocycles. The van der Waals surface area contributed by atoms with Crippen LogP contribution < -0.4 is 4.74 Å². The normalized spacial score (nSPS) is 24.6. The number of carbonyl (C=O) groups is 1. The van der Waals surface area contributed by atoms with Crippen LogP contribution in [0.5, 0.6) is 5.88 Å². The van der Waals surface area contributed by atoms with Crippen LogP contribution in [0.3, 0.4) is 0 Å². The fourth-order valence-electron chi connectivity index (χ4n) is 4.70. The number of nitrogens with zero attached hydrogens (tertiary/aromatic N) is 2. The Kier molecular flexibility index (Phi) is 5.43. The summed E-state index contributed by atoms with van der Waals surface area (Å²) < 4.78 is 25.4. The molecule has 6 heteroatoms. The van der Waals surface area contributed by atoms with Crippen LogP contribution in [0.2, 0.25) is 0 Å². The van der Waals surface area contributed by atoms with E-state index in [2.05, 4.69) is 17.1 Å². The molecule has 4 rings (SSSR count). The monoisotopic (exact) mass is 374 g/mol. The van der Waals surface area contributed by atoms with Gasteiger partial charge in [0.2, 0.25) is 11.8 Å². The standard InChI is InChI=1S/C21H27FN2O3/c22-18-6-3-11-23-19(18)26-14-7-17-8-15-27-21(17)9-12-24(13-10-21)20(25)16-4-1-2-5-16/h1-3,6,11,16-17H,4-5,7-10,12-15H2/t17-/m1/s1. The minimum atomic E-state index is -0.428. The van der Waals surface area contributed by atoms with Crippen LogP contribution in [-0.2, 0) is 9.53 Å². The van der Waals surface area contributed by atoms with E-state index in [9.17, 15) is 9.18 Å². The van der Waals surface area contributed by atoms with E-state index in [1.165, 1.54) is 12.3 Å². The number of piperidine rings is 1. The van der Waals surface area contributed by atoms with Crippen molar-refractivity contribution in [3.63, 3.8) is 0 Å². The fraction of sp³-hybridized carbons (Fsp3) is 0.619. The Morgan fingerprint density at radius 3 is 2.85 bits per heavy atom. The van der Waals surface area contributed by atoms with Crippen molar-refractivity contribution in [2.45, 2.75) is 44.1 Å². The largest absolute Gasteiger partial charge is 0.476 e. The van der Waals surface area contributed by atoms with Gasteiger partial charge in [0.25, 0.3) is 0 Å². The van der Waals surface area contributed by atoms with Crippen LogP contribution in [0.25, 0.3) is 0 Å². The lowest BCUT2D eigenvalue weighted by atomic mass is 9.78. The first-order valence-electron chi connectivity index (χ1n) is 9.99. The molecule has 2 aliphatic heterocycles. The third-order valence-electron chi connectivity index (χ3n) is 6.31. The van der Waals surface area contributed by atoms with E-state index in [1.54, 1.807) is 6.07 Å². The zero-order chi connectivity index (χ0) is 18.7. The van der Waals surface area contributed by atoms with Gasteiger partial charge in [-0.1, -0.05) is 12.2 Å². The quantitative estimate of drug-likeness (QED) is 0.742. The van der Waals surface area contributed by atoms with Crippen LogP contribution in [0.4, 0.5) is 4.39 Å². The number of likely N-dealkylation sites (tertiary alicyclic amines) is 1. The van der Waals surface area contributed by atoms with Crippen LogP contribution in [0.15, 0.2) is 30.5 Å². The van der Waals surface area contributed by atoms with Gasteiger partial charge in [0, 0.05) is 31.8 Å². The van der Waals surface area contributed by atoms with Crippen molar-refractivity contribution in [1.29, 1.82) is 0 Å². The number of amides is 1. The lowest BCUT2D eigenvalue weighted by Gasteiger charge is -2.42. The van der Waals surface area contributed by atoms with Gasteiger partial charge in [0.1, 0.15) is 0 Å². The molecule has 27 heavy (non-hydrogen) atoms. The summed E-state index contributed by atoms with van der Waals surface area (Å²) in [4.78, 5) is 18.6. The average molecular weight is 374 g/mol. The van der Waals surface area contributed by atoms with Gasteiger partial charge in [0.05, 0.1) is 12.2 Å². The predicted octanol–water partition coefficient (Wildman–Crippen LogP) is 3.35. The van der Waals surface area contributed by atoms with E-state index < -0.39 is 5.82 Å². The highest BCUT2D eigenvalue weighted by Crippen LogP contribution is 2.42. The first kappa shape index (κ1) is 18.4. The third kappa shape index (κ3) is 3.86. The Hall–Kier alpha value is -1.95. The number of aromatic nitrogens is 1. The highest BCUT2D eigenvalue weighted by atomic mass is 19.1. The molecule has 0 unspecified atom stereocenters. The maximum Gasteiger partial charge on any atom is 0.250 e. The Bertz CT molecular complexity index is 692. The van der Waals surface area contributed by atoms with Gasteiger partial charge in [0.15, 0.2) is 5.82 Å². The summed E-state index contributed by atoms with van der Waals surface area (Å²) >= 11 is 0. The van der Waals surface area contributed by atoms with Gasteiger partial charge in [-0.15, -0.1) is 0 Å². The van der Waals surface area contributed by atoms with Crippen molar-refractivity contribution in [3.05, 3.63) is 36.3 Å². The minimum Gasteiger partial charge on any atom is -0.476 e. The van der Waals surface area contributed by atoms with Crippen molar-refractivity contribution < 1.29 is 18.7 Å². The molecule has 0 N–H and O–H groups in total. The number of hydrogen-bond acceptors (Lipinski definition) is 4. The number of halogens is 1. The van der Waals surface area contributed by atoms with E-state index in [0.29, 0.717) is 18.4 Å². The second-order valence-corrected chi connectivity index (χ2v) is 7.79. The van der Waals surface area contributed by atoms with Crippen LogP contribution >= 0.6 is 0 Å². The summed E-state index contributed by atoms with van der Waals surface area (Å²) in [6.07, 6.45) is 11.1. The van der Waals surface area contributed by atoms with E-state index in [0.717, 1.165) is 58.2 Å². The van der Waals surface area contributed by atoms with Gasteiger partial charge in [-0.25, -0.2) is 9.37 Å². The van der Waals surface area contributed by atoms with Gasteiger partial charge >= 0.3 is 0 Å². The lowest BCUT2D eigenvalue weighted by Crippen LogP contribution is -2.50. The smallest absolute Gasteiger partial charge is 0.250 e. The zero-order valence-corrected chi connectivity index (χ0v) is 15.6. The molecule has 3 aliphatic rings. The van der Waals surface area contributed by atoms with Gasteiger partial charge in [-0.2, -0.15) is 0 Å². The summed E-state index contributed by atoms with van der Waals surface area (Å²) in [5, 5.41) is 0. The van der Waals surface area contributed by atoms with E-state index in [-0.39, 0.29) is 17.4 Å². The Balaban J connectivity index is 1.29. The summed E-state index contributed by atoms with van der Waals surface area (Å²) in [5.74, 6) is 0.452. The number of ether oxygens (including phenoxy) is 2. The number of allylic oxidation sites excluding steroid dienone is 2. The molecule has 146 valence electrons. The van der Waals surface area contributed by atoms with Crippen LogP contribution in [-0.4, -0.2) is 47.7 Å². The Labute approximate surface area is 159 Å². The minimum absolute atomic E-state index is 0.0658. The van der Waals surface area contributed by atoms with Crippen molar-refractivity contribution in [2.75, 3.05) is 26.3 Å². The molecule has 1 aromatic rings. The molecular formula is C21H27FN2O3. The number of rotatable bonds is 5. The molecule has 5 nitrogen and oxygen atoms in total. The molecule has 0 bridgehead atoms. The third-order valence-corrected chi connectivity index (χ3v) is 6.31. The highest BCUT2D eigenvalue weighted by molar-refractivity contribution is 5.79. The topological polar surface area (TPSA) is 51.7 Å². The van der Waals surface area contributed by atoms with E-state index in [1.807, 2.05) is 4.90 Å². The first-order valence-corrected chi connectivity index (χ1v) is 9.99. The first-order chi connectivity index (χ1) is 13.2. The molecule has 1 atom stereocenters. The molecule has 1 spiro atoms. The van der Waals surface area contributed by atoms with Gasteiger partial charge < -0.3 is 14.4 Å². The maximum absolute atomic E-state index is 13.6. The number of hydrogen-bond donors (Lipinski definition) is 0. The number of carbonyl (C=O) groups excluding carboxylic acids is 1. The maximum atomic E-state index is 13.6. The summed E-state index contributed by atoms with van der Waals surface area (Å²) in [6.45, 7) is 2.71. The van der Waals surface area contributed by atoms with Crippen molar-refractivity contribution in [1.82, 2.24) is 9.88 Å². The fourth-order valence-corrected chi connectivity index (χ4v) is 4.70. The second-order valence-electron chi connectivity index (χ2n) is 7.79. The van der Waals surface area contributed by atoms with Gasteiger partial charge in [-0.3, -0.25) is 4.79 Å². The molecule has 0 aromatic carbocycles. The Morgan fingerprint density at radius 1 is 1.33 bits per heavy atom. The lowest BCUT2D eigenvalue weighted by molar-refractivity contribution is -0.141. The van der Waals surface area contributed by atoms with Gasteiger partial charge in [-0.05, 0) is 56.6 Å². The molecule has 0 radical (unpaired) electrons. The SMILES string of the molecule is O=C(C1CC=CC1)N1CCC2(CC1)OCC[C@H]2CCOc1ncccc1F. The molecule has 2 fully saturated rings. The van der Waals surface area contributed by atoms with Crippen LogP contribution in [0, 0.1) is 17.7 Å². The van der Waals surface area contributed by atoms with Crippen molar-refractivity contribution in [2.24, 2.45) is 11.8 Å². The Morgan fingerprint density at radius 2 is 2.11 bits per heavy atom. The highest BCUT2D eigenvalue weighted by Gasteiger charge is 2.46. The molecule has 0 saturated carbocycles. The molecule has 2 saturated heterocycles. The average Bonchev–Trinajstić information content (AvgIpc) is 3.35. The predicted molar refractivity (Wildman–Crippen MR) is 98.8 cm³/mol. The van der Waals surface area contributed by atoms with E-state index in [4.69, 9.17) is 9.47 Å². The molecule has 1 aromatic heterocycles. The van der Waals surface area contributed by atoms with Crippen molar-refractivity contribution >= 4 is 5.91 Å². The summed E-state index contributed by atoms with van der Waals surface area (Å²) in [6, 6.07) is 2.91. The molecule has 1 amide bonds. The van der Waals surface area contributed by atoms with Crippen LogP contribution in [0.1, 0.15) is 38.5 Å². The molecular weight excluding hydrogens is 347 g/mol. The zero-order valence-electron chi connectivity index (χ0n) is 15.6. The molecule has 3 heterocycles. The summed E-state index contributed by atoms with van der Waals surface area (Å²) in [5.41, 5.74) is -0.156. The van der Waals surface area contributed by atoms with Crippen molar-refractivity contribution in [3.8, 4) is 5.88 Å². The summed E-state index contributed by atoms with van der Waals surface area (Å²) in [7, 11) is 0. The van der Waals surface area contributed by atoms with E-state index >= 15 is 0 Å². The number of pyridine rings is 1. The second kappa shape index (κ2) is 7.97.